The summed E-state index contributed by atoms with van der Waals surface area (Å²) in [5.74, 6) is -1.35. The number of carbonyl (C=O) groups excluding carboxylic acids is 2. The lowest BCUT2D eigenvalue weighted by Crippen LogP contribution is -2.45. The van der Waals surface area contributed by atoms with Crippen LogP contribution in [0.2, 0.25) is 0 Å². The minimum Gasteiger partial charge on any atom is -0.508 e. The average Bonchev–Trinajstić information content (AvgIpc) is 3.06. The van der Waals surface area contributed by atoms with Gasteiger partial charge < -0.3 is 15.2 Å². The second-order valence-corrected chi connectivity index (χ2v) is 6.68. The number of esters is 1. The number of nitrogens with one attached hydrogen (secondary N) is 1. The van der Waals surface area contributed by atoms with E-state index in [0.717, 1.165) is 22.3 Å². The van der Waals surface area contributed by atoms with Gasteiger partial charge in [-0.15, -0.1) is 0 Å². The fraction of sp³-hybridized carbons (Fsp3) is 0.130. The molecule has 3 aromatic carbocycles. The van der Waals surface area contributed by atoms with Crippen molar-refractivity contribution in [3.05, 3.63) is 89.5 Å². The van der Waals surface area contributed by atoms with Crippen LogP contribution in [0.1, 0.15) is 27.4 Å². The average molecular weight is 373 g/mol. The third kappa shape index (κ3) is 3.01. The van der Waals surface area contributed by atoms with Gasteiger partial charge in [0.2, 0.25) is 0 Å². The summed E-state index contributed by atoms with van der Waals surface area (Å²) >= 11 is 0. The molecule has 0 radical (unpaired) electrons. The Bertz CT molecular complexity index is 1010. The number of phenolic OH excluding ortho intramolecular Hbond substituents is 1. The Hall–Kier alpha value is -3.60. The van der Waals surface area contributed by atoms with Crippen LogP contribution in [0.4, 0.5) is 0 Å². The van der Waals surface area contributed by atoms with E-state index in [2.05, 4.69) is 5.32 Å². The van der Waals surface area contributed by atoms with E-state index < -0.39 is 17.9 Å². The first-order chi connectivity index (χ1) is 13.6. The number of aromatic hydroxyl groups is 1. The highest BCUT2D eigenvalue weighted by atomic mass is 16.5. The Morgan fingerprint density at radius 3 is 2.11 bits per heavy atom. The van der Waals surface area contributed by atoms with Gasteiger partial charge >= 0.3 is 5.97 Å². The number of fused-ring (bicyclic) bond motifs is 3. The van der Waals surface area contributed by atoms with Gasteiger partial charge in [-0.1, -0.05) is 54.6 Å². The molecule has 140 valence electrons. The molecule has 1 amide bonds. The molecule has 3 aromatic rings. The molecule has 0 bridgehead atoms. The van der Waals surface area contributed by atoms with Crippen molar-refractivity contribution in [2.24, 2.45) is 0 Å². The van der Waals surface area contributed by atoms with Crippen LogP contribution in [0.15, 0.2) is 72.8 Å². The number of carbonyl (C=O) groups is 2. The summed E-state index contributed by atoms with van der Waals surface area (Å²) in [4.78, 5) is 25.4. The minimum absolute atomic E-state index is 0.0150. The highest BCUT2D eigenvalue weighted by molar-refractivity contribution is 5.98. The molecule has 0 aliphatic heterocycles. The lowest BCUT2D eigenvalue weighted by Gasteiger charge is -2.24. The molecule has 28 heavy (non-hydrogen) atoms. The fourth-order valence-electron chi connectivity index (χ4n) is 3.83. The third-order valence-electron chi connectivity index (χ3n) is 5.07. The quantitative estimate of drug-likeness (QED) is 0.687. The maximum absolute atomic E-state index is 12.8. The van der Waals surface area contributed by atoms with Gasteiger partial charge in [0.1, 0.15) is 11.8 Å². The van der Waals surface area contributed by atoms with E-state index in [9.17, 15) is 14.7 Å². The Labute approximate surface area is 162 Å². The van der Waals surface area contributed by atoms with Gasteiger partial charge in [-0.05, 0) is 40.5 Å². The van der Waals surface area contributed by atoms with Gasteiger partial charge in [-0.2, -0.15) is 0 Å². The van der Waals surface area contributed by atoms with Gasteiger partial charge in [0.15, 0.2) is 0 Å². The van der Waals surface area contributed by atoms with Crippen molar-refractivity contribution in [1.82, 2.24) is 5.32 Å². The standard InChI is InChI=1S/C23H19NO4/c1-28-23(27)21(24-22(26)14-7-6-8-15(25)13-14)20-18-11-4-2-9-16(18)17-10-3-5-12-19(17)20/h2-13,20-21,25H,1H3,(H,24,26)/t21-/m1/s1. The number of ether oxygens (including phenoxy) is 1. The third-order valence-corrected chi connectivity index (χ3v) is 5.07. The largest absolute Gasteiger partial charge is 0.508 e. The van der Waals surface area contributed by atoms with E-state index in [4.69, 9.17) is 4.74 Å². The highest BCUT2D eigenvalue weighted by Crippen LogP contribution is 2.46. The minimum atomic E-state index is -0.898. The van der Waals surface area contributed by atoms with Gasteiger partial charge in [-0.3, -0.25) is 4.79 Å². The number of rotatable bonds is 4. The van der Waals surface area contributed by atoms with Crippen LogP contribution < -0.4 is 5.32 Å². The van der Waals surface area contributed by atoms with Crippen LogP contribution in [-0.4, -0.2) is 30.1 Å². The highest BCUT2D eigenvalue weighted by Gasteiger charge is 2.39. The maximum atomic E-state index is 12.8. The number of hydrogen-bond donors (Lipinski definition) is 2. The summed E-state index contributed by atoms with van der Waals surface area (Å²) in [7, 11) is 1.31. The monoisotopic (exact) mass is 373 g/mol. The summed E-state index contributed by atoms with van der Waals surface area (Å²) < 4.78 is 5.01. The molecule has 5 nitrogen and oxygen atoms in total. The zero-order valence-electron chi connectivity index (χ0n) is 15.3. The first-order valence-electron chi connectivity index (χ1n) is 8.96. The second kappa shape index (κ2) is 7.19. The van der Waals surface area contributed by atoms with Crippen LogP contribution >= 0.6 is 0 Å². The van der Waals surface area contributed by atoms with Crippen LogP contribution in [-0.2, 0) is 9.53 Å². The molecule has 0 saturated heterocycles. The van der Waals surface area contributed by atoms with E-state index in [0.29, 0.717) is 0 Å². The van der Waals surface area contributed by atoms with Crippen molar-refractivity contribution in [3.8, 4) is 16.9 Å². The molecular weight excluding hydrogens is 354 g/mol. The van der Waals surface area contributed by atoms with Crippen LogP contribution in [0, 0.1) is 0 Å². The van der Waals surface area contributed by atoms with Gasteiger partial charge in [0, 0.05) is 11.5 Å². The molecule has 2 N–H and O–H groups in total. The van der Waals surface area contributed by atoms with Crippen molar-refractivity contribution in [2.45, 2.75) is 12.0 Å². The fourth-order valence-corrected chi connectivity index (χ4v) is 3.83. The van der Waals surface area contributed by atoms with Crippen molar-refractivity contribution >= 4 is 11.9 Å². The van der Waals surface area contributed by atoms with Gasteiger partial charge in [0.25, 0.3) is 5.91 Å². The summed E-state index contributed by atoms with van der Waals surface area (Å²) in [6.45, 7) is 0. The van der Waals surface area contributed by atoms with Crippen LogP contribution in [0.25, 0.3) is 11.1 Å². The summed E-state index contributed by atoms with van der Waals surface area (Å²) in [5.41, 5.74) is 4.30. The topological polar surface area (TPSA) is 75.6 Å². The number of amides is 1. The molecular formula is C23H19NO4. The molecule has 0 saturated carbocycles. The zero-order valence-corrected chi connectivity index (χ0v) is 15.3. The maximum Gasteiger partial charge on any atom is 0.329 e. The first kappa shape index (κ1) is 17.8. The number of phenols is 1. The van der Waals surface area contributed by atoms with E-state index >= 15 is 0 Å². The molecule has 4 rings (SSSR count). The molecule has 0 fully saturated rings. The van der Waals surface area contributed by atoms with Crippen LogP contribution in [0.5, 0.6) is 5.75 Å². The summed E-state index contributed by atoms with van der Waals surface area (Å²) in [6, 6.07) is 20.8. The van der Waals surface area contributed by atoms with Gasteiger partial charge in [-0.25, -0.2) is 4.79 Å². The lowest BCUT2D eigenvalue weighted by molar-refractivity contribution is -0.143. The van der Waals surface area contributed by atoms with Crippen molar-refractivity contribution in [3.63, 3.8) is 0 Å². The molecule has 1 aliphatic rings. The molecule has 0 aromatic heterocycles. The van der Waals surface area contributed by atoms with E-state index in [1.807, 2.05) is 48.5 Å². The molecule has 0 heterocycles. The smallest absolute Gasteiger partial charge is 0.329 e. The van der Waals surface area contributed by atoms with Crippen molar-refractivity contribution in [1.29, 1.82) is 0 Å². The SMILES string of the molecule is COC(=O)[C@H](NC(=O)c1cccc(O)c1)C1c2ccccc2-c2ccccc21. The van der Waals surface area contributed by atoms with Crippen molar-refractivity contribution in [2.75, 3.05) is 7.11 Å². The molecule has 0 spiro atoms. The lowest BCUT2D eigenvalue weighted by atomic mass is 9.89. The summed E-state index contributed by atoms with van der Waals surface area (Å²) in [5, 5.41) is 12.5. The van der Waals surface area contributed by atoms with E-state index in [1.54, 1.807) is 12.1 Å². The zero-order chi connectivity index (χ0) is 19.7. The first-order valence-corrected chi connectivity index (χ1v) is 8.96. The van der Waals surface area contributed by atoms with Crippen LogP contribution in [0.3, 0.4) is 0 Å². The summed E-state index contributed by atoms with van der Waals surface area (Å²) in [6.07, 6.45) is 0. The van der Waals surface area contributed by atoms with Crippen molar-refractivity contribution < 1.29 is 19.4 Å². The van der Waals surface area contributed by atoms with Gasteiger partial charge in [0.05, 0.1) is 7.11 Å². The molecule has 1 atom stereocenters. The van der Waals surface area contributed by atoms with E-state index in [1.165, 1.54) is 19.2 Å². The predicted octanol–water partition coefficient (Wildman–Crippen LogP) is 3.48. The number of benzene rings is 3. The second-order valence-electron chi connectivity index (χ2n) is 6.68. The van der Waals surface area contributed by atoms with E-state index in [-0.39, 0.29) is 17.2 Å². The molecule has 0 unspecified atom stereocenters. The predicted molar refractivity (Wildman–Crippen MR) is 105 cm³/mol. The molecule has 1 aliphatic carbocycles. The number of hydrogen-bond acceptors (Lipinski definition) is 4. The molecule has 5 heteroatoms. The Balaban J connectivity index is 1.76. The normalized spacial score (nSPS) is 13.3. The Morgan fingerprint density at radius 1 is 0.929 bits per heavy atom. The number of methoxy groups -OCH3 is 1. The Kier molecular flexibility index (Phi) is 4.57. The Morgan fingerprint density at radius 2 is 1.54 bits per heavy atom.